The molecule has 0 spiro atoms. The second-order valence-electron chi connectivity index (χ2n) is 6.29. The molecule has 4 aromatic rings. The third-order valence-corrected chi connectivity index (χ3v) is 4.21. The number of hydrogen-bond acceptors (Lipinski definition) is 7. The van der Waals surface area contributed by atoms with Crippen molar-refractivity contribution in [1.29, 1.82) is 0 Å². The van der Waals surface area contributed by atoms with Crippen molar-refractivity contribution >= 4 is 33.7 Å². The third-order valence-electron chi connectivity index (χ3n) is 4.21. The molecule has 29 heavy (non-hydrogen) atoms. The summed E-state index contributed by atoms with van der Waals surface area (Å²) in [6.45, 7) is 1.74. The molecule has 0 aliphatic carbocycles. The first-order valence-corrected chi connectivity index (χ1v) is 8.86. The summed E-state index contributed by atoms with van der Waals surface area (Å²) in [4.78, 5) is 11.8. The molecule has 0 radical (unpaired) electrons. The molecule has 0 fully saturated rings. The maximum absolute atomic E-state index is 11.8. The number of fused-ring (bicyclic) bond motifs is 1. The van der Waals surface area contributed by atoms with E-state index >= 15 is 0 Å². The second kappa shape index (κ2) is 7.85. The van der Waals surface area contributed by atoms with Crippen molar-refractivity contribution < 1.29 is 9.52 Å². The lowest BCUT2D eigenvalue weighted by Crippen LogP contribution is -1.97. The smallest absolute Gasteiger partial charge is 0.336 e. The summed E-state index contributed by atoms with van der Waals surface area (Å²) in [7, 11) is 0. The maximum Gasteiger partial charge on any atom is 0.336 e. The van der Waals surface area contributed by atoms with Gasteiger partial charge in [0.1, 0.15) is 17.0 Å². The van der Waals surface area contributed by atoms with E-state index in [1.165, 1.54) is 12.1 Å². The Balaban J connectivity index is 1.89. The Labute approximate surface area is 165 Å². The molecule has 0 unspecified atom stereocenters. The lowest BCUT2D eigenvalue weighted by molar-refractivity contribution is 0.477. The molecule has 0 saturated heterocycles. The van der Waals surface area contributed by atoms with Crippen molar-refractivity contribution in [1.82, 2.24) is 0 Å². The summed E-state index contributed by atoms with van der Waals surface area (Å²) in [5.74, 6) is -0.200. The van der Waals surface area contributed by atoms with Crippen LogP contribution in [0, 0.1) is 6.92 Å². The van der Waals surface area contributed by atoms with E-state index in [4.69, 9.17) is 4.42 Å². The summed E-state index contributed by atoms with van der Waals surface area (Å²) < 4.78 is 5.31. The first-order valence-electron chi connectivity index (χ1n) is 8.86. The molecule has 3 aromatic carbocycles. The van der Waals surface area contributed by atoms with Gasteiger partial charge >= 0.3 is 5.63 Å². The van der Waals surface area contributed by atoms with Gasteiger partial charge in [-0.2, -0.15) is 10.2 Å². The Kier molecular flexibility index (Phi) is 4.94. The lowest BCUT2D eigenvalue weighted by Gasteiger charge is -2.08. The third kappa shape index (κ3) is 3.93. The van der Waals surface area contributed by atoms with Crippen LogP contribution in [0.25, 0.3) is 11.0 Å². The minimum absolute atomic E-state index is 0.122. The van der Waals surface area contributed by atoms with Gasteiger partial charge in [0, 0.05) is 12.1 Å². The fraction of sp³-hybridized carbons (Fsp3) is 0.0455. The Morgan fingerprint density at radius 3 is 2.00 bits per heavy atom. The number of phenols is 1. The molecule has 142 valence electrons. The van der Waals surface area contributed by atoms with Crippen LogP contribution in [0.2, 0.25) is 0 Å². The van der Waals surface area contributed by atoms with Crippen LogP contribution in [-0.4, -0.2) is 5.11 Å². The van der Waals surface area contributed by atoms with Gasteiger partial charge in [0.05, 0.1) is 16.8 Å². The molecule has 0 aliphatic heterocycles. The number of aromatic hydroxyl groups is 1. The number of azo groups is 2. The minimum atomic E-state index is -0.502. The molecule has 1 heterocycles. The quantitative estimate of drug-likeness (QED) is 0.315. The second-order valence-corrected chi connectivity index (χ2v) is 6.29. The van der Waals surface area contributed by atoms with Gasteiger partial charge in [-0.05, 0) is 36.8 Å². The van der Waals surface area contributed by atoms with Crippen LogP contribution >= 0.6 is 0 Å². The number of aryl methyl sites for hydroxylation is 1. The summed E-state index contributed by atoms with van der Waals surface area (Å²) in [5, 5.41) is 27.9. The van der Waals surface area contributed by atoms with Gasteiger partial charge in [0.2, 0.25) is 0 Å². The number of hydrogen-bond donors (Lipinski definition) is 1. The van der Waals surface area contributed by atoms with Crippen molar-refractivity contribution in [3.63, 3.8) is 0 Å². The molecular formula is C22H16N4O3. The van der Waals surface area contributed by atoms with E-state index in [1.54, 1.807) is 31.2 Å². The Morgan fingerprint density at radius 1 is 0.793 bits per heavy atom. The highest BCUT2D eigenvalue weighted by Gasteiger charge is 2.17. The van der Waals surface area contributed by atoms with Gasteiger partial charge in [0.15, 0.2) is 5.75 Å². The van der Waals surface area contributed by atoms with Gasteiger partial charge in [-0.1, -0.05) is 36.4 Å². The van der Waals surface area contributed by atoms with Gasteiger partial charge in [-0.3, -0.25) is 0 Å². The van der Waals surface area contributed by atoms with Crippen LogP contribution < -0.4 is 5.63 Å². The molecule has 7 heteroatoms. The Hall–Kier alpha value is -4.13. The fourth-order valence-corrected chi connectivity index (χ4v) is 2.85. The number of benzene rings is 3. The molecule has 0 amide bonds. The van der Waals surface area contributed by atoms with E-state index in [9.17, 15) is 9.90 Å². The van der Waals surface area contributed by atoms with Crippen LogP contribution in [-0.2, 0) is 0 Å². The lowest BCUT2D eigenvalue weighted by atomic mass is 10.1. The van der Waals surface area contributed by atoms with Crippen molar-refractivity contribution in [3.8, 4) is 5.75 Å². The van der Waals surface area contributed by atoms with Crippen molar-refractivity contribution in [2.75, 3.05) is 0 Å². The highest BCUT2D eigenvalue weighted by molar-refractivity contribution is 5.97. The van der Waals surface area contributed by atoms with Crippen molar-refractivity contribution in [2.45, 2.75) is 6.92 Å². The van der Waals surface area contributed by atoms with E-state index < -0.39 is 5.63 Å². The van der Waals surface area contributed by atoms with Gasteiger partial charge < -0.3 is 9.52 Å². The number of rotatable bonds is 4. The van der Waals surface area contributed by atoms with Crippen molar-refractivity contribution in [2.24, 2.45) is 20.5 Å². The van der Waals surface area contributed by atoms with Crippen LogP contribution in [0.1, 0.15) is 5.56 Å². The normalized spacial score (nSPS) is 11.6. The van der Waals surface area contributed by atoms with Crippen LogP contribution in [0.3, 0.4) is 0 Å². The monoisotopic (exact) mass is 384 g/mol. The molecule has 0 bridgehead atoms. The standard InChI is InChI=1S/C22H16N4O3/c1-14-12-19(27)29-18-13-17(25-23-15-8-4-2-5-9-15)22(28)21(20(14)18)26-24-16-10-6-3-7-11-16/h2-13,28H,1H3. The molecule has 1 aromatic heterocycles. The van der Waals surface area contributed by atoms with E-state index in [0.29, 0.717) is 22.3 Å². The fourth-order valence-electron chi connectivity index (χ4n) is 2.85. The highest BCUT2D eigenvalue weighted by atomic mass is 16.4. The first kappa shape index (κ1) is 18.2. The van der Waals surface area contributed by atoms with E-state index in [2.05, 4.69) is 20.5 Å². The van der Waals surface area contributed by atoms with E-state index in [-0.39, 0.29) is 22.7 Å². The molecule has 0 aliphatic rings. The SMILES string of the molecule is Cc1cc(=O)oc2cc(N=Nc3ccccc3)c(O)c(N=Nc3ccccc3)c12. The summed E-state index contributed by atoms with van der Waals surface area (Å²) >= 11 is 0. The summed E-state index contributed by atoms with van der Waals surface area (Å²) in [6.07, 6.45) is 0. The zero-order valence-electron chi connectivity index (χ0n) is 15.5. The zero-order valence-corrected chi connectivity index (χ0v) is 15.5. The molecule has 4 rings (SSSR count). The predicted molar refractivity (Wildman–Crippen MR) is 110 cm³/mol. The van der Waals surface area contributed by atoms with Crippen LogP contribution in [0.5, 0.6) is 5.75 Å². The summed E-state index contributed by atoms with van der Waals surface area (Å²) in [5.41, 5.74) is 1.87. The summed E-state index contributed by atoms with van der Waals surface area (Å²) in [6, 6.07) is 21.0. The number of phenolic OH excluding ortho intramolecular Hbond substituents is 1. The average molecular weight is 384 g/mol. The molecule has 1 N–H and O–H groups in total. The Bertz CT molecular complexity index is 1280. The van der Waals surface area contributed by atoms with Crippen LogP contribution in [0.15, 0.2) is 102 Å². The predicted octanol–water partition coefficient (Wildman–Crippen LogP) is 6.64. The van der Waals surface area contributed by atoms with E-state index in [1.807, 2.05) is 36.4 Å². The maximum atomic E-state index is 11.8. The van der Waals surface area contributed by atoms with Gasteiger partial charge in [-0.25, -0.2) is 4.79 Å². The molecule has 7 nitrogen and oxygen atoms in total. The molecule has 0 atom stereocenters. The largest absolute Gasteiger partial charge is 0.504 e. The number of nitrogens with zero attached hydrogens (tertiary/aromatic N) is 4. The first-order chi connectivity index (χ1) is 14.1. The van der Waals surface area contributed by atoms with E-state index in [0.717, 1.165) is 0 Å². The molecule has 0 saturated carbocycles. The van der Waals surface area contributed by atoms with Gasteiger partial charge in [0.25, 0.3) is 0 Å². The Morgan fingerprint density at radius 2 is 1.38 bits per heavy atom. The highest BCUT2D eigenvalue weighted by Crippen LogP contribution is 2.44. The average Bonchev–Trinajstić information content (AvgIpc) is 2.73. The zero-order chi connectivity index (χ0) is 20.2. The molecular weight excluding hydrogens is 368 g/mol. The van der Waals surface area contributed by atoms with Gasteiger partial charge in [-0.15, -0.1) is 10.2 Å². The van der Waals surface area contributed by atoms with Crippen LogP contribution in [0.4, 0.5) is 22.7 Å². The van der Waals surface area contributed by atoms with Crippen molar-refractivity contribution in [3.05, 3.63) is 88.8 Å². The topological polar surface area (TPSA) is 99.9 Å². The minimum Gasteiger partial charge on any atom is -0.504 e.